The molecule has 0 saturated heterocycles. The number of halogens is 2. The van der Waals surface area contributed by atoms with Crippen LogP contribution < -0.4 is 9.62 Å². The van der Waals surface area contributed by atoms with Crippen molar-refractivity contribution in [2.75, 3.05) is 17.4 Å². The molecule has 4 aromatic carbocycles. The number of hydrogen-bond acceptors (Lipinski definition) is 4. The lowest BCUT2D eigenvalue weighted by Crippen LogP contribution is -2.53. The Kier molecular flexibility index (Phi) is 11.7. The zero-order valence-corrected chi connectivity index (χ0v) is 27.8. The van der Waals surface area contributed by atoms with Crippen LogP contribution in [0.5, 0.6) is 0 Å². The number of rotatable bonds is 13. The van der Waals surface area contributed by atoms with E-state index in [2.05, 4.69) is 5.32 Å². The molecule has 0 radical (unpaired) electrons. The topological polar surface area (TPSA) is 86.8 Å². The smallest absolute Gasteiger partial charge is 0.264 e. The second-order valence-electron chi connectivity index (χ2n) is 11.3. The molecule has 0 aliphatic carbocycles. The van der Waals surface area contributed by atoms with Gasteiger partial charge in [-0.25, -0.2) is 8.42 Å². The van der Waals surface area contributed by atoms with Crippen molar-refractivity contribution < 1.29 is 18.0 Å². The Morgan fingerprint density at radius 2 is 1.36 bits per heavy atom. The van der Waals surface area contributed by atoms with Gasteiger partial charge in [0.25, 0.3) is 10.0 Å². The molecule has 0 saturated carbocycles. The van der Waals surface area contributed by atoms with Gasteiger partial charge < -0.3 is 10.2 Å². The van der Waals surface area contributed by atoms with E-state index in [4.69, 9.17) is 23.2 Å². The second-order valence-corrected chi connectivity index (χ2v) is 14.0. The maximum atomic E-state index is 14.5. The summed E-state index contributed by atoms with van der Waals surface area (Å²) in [6.45, 7) is 5.82. The molecule has 0 bridgehead atoms. The third-order valence-electron chi connectivity index (χ3n) is 7.22. The summed E-state index contributed by atoms with van der Waals surface area (Å²) in [5, 5.41) is 3.91. The Labute approximate surface area is 275 Å². The molecule has 236 valence electrons. The number of carbonyl (C=O) groups excluding carboxylic acids is 2. The quantitative estimate of drug-likeness (QED) is 0.168. The number of anilines is 1. The van der Waals surface area contributed by atoms with Gasteiger partial charge in [0.2, 0.25) is 11.8 Å². The number of aryl methyl sites for hydroxylation is 1. The molecule has 0 spiro atoms. The van der Waals surface area contributed by atoms with E-state index in [0.29, 0.717) is 22.3 Å². The maximum absolute atomic E-state index is 14.5. The molecule has 10 heteroatoms. The summed E-state index contributed by atoms with van der Waals surface area (Å²) in [6.07, 6.45) is 0.235. The van der Waals surface area contributed by atoms with Crippen molar-refractivity contribution in [1.82, 2.24) is 10.2 Å². The third kappa shape index (κ3) is 9.33. The number of amides is 2. The standard InChI is InChI=1S/C35H37Cl2N3O4S/c1-25(2)22-38-35(42)33(21-27-7-5-4-6-8-27)39(23-28-11-13-29(36)14-12-28)34(41)24-40(31-17-9-26(3)10-18-31)45(43,44)32-19-15-30(37)16-20-32/h4-20,25,33H,21-24H2,1-3H3,(H,38,42). The molecule has 1 N–H and O–H groups in total. The number of nitrogens with one attached hydrogen (secondary N) is 1. The Bertz CT molecular complexity index is 1680. The summed E-state index contributed by atoms with van der Waals surface area (Å²) >= 11 is 12.2. The van der Waals surface area contributed by atoms with E-state index in [0.717, 1.165) is 21.0 Å². The van der Waals surface area contributed by atoms with Gasteiger partial charge in [-0.3, -0.25) is 13.9 Å². The molecule has 0 fully saturated rings. The first-order chi connectivity index (χ1) is 21.4. The minimum atomic E-state index is -4.21. The molecule has 1 unspecified atom stereocenters. The first-order valence-electron chi connectivity index (χ1n) is 14.6. The lowest BCUT2D eigenvalue weighted by atomic mass is 10.0. The van der Waals surface area contributed by atoms with Gasteiger partial charge in [0, 0.05) is 29.6 Å². The Morgan fingerprint density at radius 1 is 0.778 bits per heavy atom. The van der Waals surface area contributed by atoms with Crippen molar-refractivity contribution in [3.63, 3.8) is 0 Å². The minimum Gasteiger partial charge on any atom is -0.354 e. The average Bonchev–Trinajstić information content (AvgIpc) is 3.02. The monoisotopic (exact) mass is 665 g/mol. The largest absolute Gasteiger partial charge is 0.354 e. The number of benzene rings is 4. The fraction of sp³-hybridized carbons (Fsp3) is 0.257. The lowest BCUT2D eigenvalue weighted by molar-refractivity contribution is -0.140. The first-order valence-corrected chi connectivity index (χ1v) is 16.8. The van der Waals surface area contributed by atoms with Crippen molar-refractivity contribution >= 4 is 50.7 Å². The highest BCUT2D eigenvalue weighted by Crippen LogP contribution is 2.26. The molecule has 1 atom stereocenters. The number of carbonyl (C=O) groups is 2. The number of hydrogen-bond donors (Lipinski definition) is 1. The van der Waals surface area contributed by atoms with Crippen LogP contribution in [0.3, 0.4) is 0 Å². The van der Waals surface area contributed by atoms with Gasteiger partial charge in [-0.05, 0) is 72.5 Å². The Hall–Kier alpha value is -3.85. The van der Waals surface area contributed by atoms with Crippen LogP contribution in [0.25, 0.3) is 0 Å². The summed E-state index contributed by atoms with van der Waals surface area (Å²) in [5.41, 5.74) is 2.85. The molecule has 45 heavy (non-hydrogen) atoms. The van der Waals surface area contributed by atoms with Crippen LogP contribution in [-0.2, 0) is 32.6 Å². The summed E-state index contributed by atoms with van der Waals surface area (Å²) in [4.78, 5) is 29.7. The van der Waals surface area contributed by atoms with E-state index in [1.54, 1.807) is 48.5 Å². The number of nitrogens with zero attached hydrogens (tertiary/aromatic N) is 2. The predicted octanol–water partition coefficient (Wildman–Crippen LogP) is 6.91. The van der Waals surface area contributed by atoms with Crippen molar-refractivity contribution in [3.05, 3.63) is 130 Å². The van der Waals surface area contributed by atoms with Crippen LogP contribution in [-0.4, -0.2) is 44.3 Å². The lowest BCUT2D eigenvalue weighted by Gasteiger charge is -2.34. The Balaban J connectivity index is 1.79. The van der Waals surface area contributed by atoms with E-state index in [1.165, 1.54) is 29.2 Å². The molecule has 0 aliphatic heterocycles. The van der Waals surface area contributed by atoms with E-state index in [-0.39, 0.29) is 29.7 Å². The van der Waals surface area contributed by atoms with Crippen LogP contribution in [0.4, 0.5) is 5.69 Å². The van der Waals surface area contributed by atoms with Crippen molar-refractivity contribution in [1.29, 1.82) is 0 Å². The molecule has 4 rings (SSSR count). The van der Waals surface area contributed by atoms with Crippen molar-refractivity contribution in [2.45, 2.75) is 44.7 Å². The van der Waals surface area contributed by atoms with Gasteiger partial charge in [-0.1, -0.05) is 97.2 Å². The van der Waals surface area contributed by atoms with Gasteiger partial charge >= 0.3 is 0 Å². The van der Waals surface area contributed by atoms with Crippen molar-refractivity contribution in [2.24, 2.45) is 5.92 Å². The zero-order chi connectivity index (χ0) is 32.6. The summed E-state index contributed by atoms with van der Waals surface area (Å²) < 4.78 is 29.2. The number of sulfonamides is 1. The van der Waals surface area contributed by atoms with E-state index < -0.39 is 28.5 Å². The van der Waals surface area contributed by atoms with E-state index in [1.807, 2.05) is 51.1 Å². The van der Waals surface area contributed by atoms with E-state index in [9.17, 15) is 18.0 Å². The predicted molar refractivity (Wildman–Crippen MR) is 181 cm³/mol. The van der Waals surface area contributed by atoms with Crippen LogP contribution >= 0.6 is 23.2 Å². The molecule has 0 aliphatic rings. The fourth-order valence-electron chi connectivity index (χ4n) is 4.74. The van der Waals surface area contributed by atoms with Crippen molar-refractivity contribution in [3.8, 4) is 0 Å². The highest BCUT2D eigenvalue weighted by molar-refractivity contribution is 7.92. The third-order valence-corrected chi connectivity index (χ3v) is 9.52. The average molecular weight is 667 g/mol. The highest BCUT2D eigenvalue weighted by atomic mass is 35.5. The van der Waals surface area contributed by atoms with Crippen LogP contribution in [0, 0.1) is 12.8 Å². The van der Waals surface area contributed by atoms with Gasteiger partial charge in [-0.15, -0.1) is 0 Å². The minimum absolute atomic E-state index is 0.0139. The van der Waals surface area contributed by atoms with Gasteiger partial charge in [0.05, 0.1) is 10.6 Å². The molecule has 0 heterocycles. The molecule has 7 nitrogen and oxygen atoms in total. The molecular weight excluding hydrogens is 629 g/mol. The van der Waals surface area contributed by atoms with Crippen LogP contribution in [0.2, 0.25) is 10.0 Å². The molecular formula is C35H37Cl2N3O4S. The molecule has 2 amide bonds. The normalized spacial score (nSPS) is 12.0. The van der Waals surface area contributed by atoms with Crippen LogP contribution in [0.15, 0.2) is 108 Å². The Morgan fingerprint density at radius 3 is 1.93 bits per heavy atom. The highest BCUT2D eigenvalue weighted by Gasteiger charge is 2.34. The van der Waals surface area contributed by atoms with Gasteiger partial charge in [0.1, 0.15) is 12.6 Å². The zero-order valence-electron chi connectivity index (χ0n) is 25.5. The second kappa shape index (κ2) is 15.4. The van der Waals surface area contributed by atoms with Gasteiger partial charge in [0.15, 0.2) is 0 Å². The van der Waals surface area contributed by atoms with E-state index >= 15 is 0 Å². The SMILES string of the molecule is Cc1ccc(N(CC(=O)N(Cc2ccc(Cl)cc2)C(Cc2ccccc2)C(=O)NCC(C)C)S(=O)(=O)c2ccc(Cl)cc2)cc1. The summed E-state index contributed by atoms with van der Waals surface area (Å²) in [7, 11) is -4.21. The molecule has 4 aromatic rings. The fourth-order valence-corrected chi connectivity index (χ4v) is 6.40. The summed E-state index contributed by atoms with van der Waals surface area (Å²) in [5.74, 6) is -0.672. The van der Waals surface area contributed by atoms with Gasteiger partial charge in [-0.2, -0.15) is 0 Å². The van der Waals surface area contributed by atoms with Crippen LogP contribution in [0.1, 0.15) is 30.5 Å². The molecule has 0 aromatic heterocycles. The summed E-state index contributed by atoms with van der Waals surface area (Å²) in [6, 6.07) is 28.2. The maximum Gasteiger partial charge on any atom is 0.264 e. The first kappa shape index (κ1) is 34.0.